The van der Waals surface area contributed by atoms with Gasteiger partial charge in [0.2, 0.25) is 0 Å². The Morgan fingerprint density at radius 2 is 1.84 bits per heavy atom. The van der Waals surface area contributed by atoms with Crippen molar-refractivity contribution in [1.82, 2.24) is 9.47 Å². The fraction of sp³-hybridized carbons (Fsp3) is 0.286. The Morgan fingerprint density at radius 1 is 1.12 bits per heavy atom. The van der Waals surface area contributed by atoms with E-state index >= 15 is 0 Å². The first-order valence-corrected chi connectivity index (χ1v) is 8.46. The van der Waals surface area contributed by atoms with Crippen LogP contribution in [0.5, 0.6) is 0 Å². The lowest BCUT2D eigenvalue weighted by Gasteiger charge is -2.21. The summed E-state index contributed by atoms with van der Waals surface area (Å²) in [6, 6.07) is 17.7. The van der Waals surface area contributed by atoms with Gasteiger partial charge in [0, 0.05) is 25.7 Å². The Balaban J connectivity index is 1.82. The highest BCUT2D eigenvalue weighted by atomic mass is 16.3. The summed E-state index contributed by atoms with van der Waals surface area (Å²) in [7, 11) is 3.73. The maximum Gasteiger partial charge on any atom is 0.255 e. The van der Waals surface area contributed by atoms with Crippen molar-refractivity contribution in [2.45, 2.75) is 19.6 Å². The summed E-state index contributed by atoms with van der Waals surface area (Å²) >= 11 is 0. The molecule has 1 N–H and O–H groups in total. The van der Waals surface area contributed by atoms with Crippen LogP contribution in [0.15, 0.2) is 59.4 Å². The number of aromatic nitrogens is 1. The minimum Gasteiger partial charge on any atom is -0.387 e. The Bertz CT molecular complexity index is 932. The van der Waals surface area contributed by atoms with Crippen LogP contribution in [0.1, 0.15) is 22.8 Å². The molecule has 3 aromatic rings. The van der Waals surface area contributed by atoms with Gasteiger partial charge < -0.3 is 9.67 Å². The standard InChI is InChI=1S/C21H24N2O2/c1-15-9-10-19-17(11-15)12-18(21(25)23(19)3)13-22(2)14-20(24)16-7-5-4-6-8-16/h4-12,20,24H,13-14H2,1-3H3. The lowest BCUT2D eigenvalue weighted by atomic mass is 10.1. The zero-order valence-corrected chi connectivity index (χ0v) is 14.9. The first-order valence-electron chi connectivity index (χ1n) is 8.46. The summed E-state index contributed by atoms with van der Waals surface area (Å²) in [5.74, 6) is 0. The van der Waals surface area contributed by atoms with Crippen molar-refractivity contribution in [2.75, 3.05) is 13.6 Å². The van der Waals surface area contributed by atoms with Gasteiger partial charge in [-0.1, -0.05) is 42.0 Å². The second-order valence-corrected chi connectivity index (χ2v) is 6.72. The lowest BCUT2D eigenvalue weighted by molar-refractivity contribution is 0.123. The number of benzene rings is 2. The first-order chi connectivity index (χ1) is 12.0. The molecule has 1 heterocycles. The third-order valence-electron chi connectivity index (χ3n) is 4.56. The van der Waals surface area contributed by atoms with Gasteiger partial charge in [-0.3, -0.25) is 9.69 Å². The van der Waals surface area contributed by atoms with Gasteiger partial charge in [0.25, 0.3) is 5.56 Å². The quantitative estimate of drug-likeness (QED) is 0.779. The highest BCUT2D eigenvalue weighted by molar-refractivity contribution is 5.80. The van der Waals surface area contributed by atoms with Crippen molar-refractivity contribution in [2.24, 2.45) is 7.05 Å². The molecule has 25 heavy (non-hydrogen) atoms. The van der Waals surface area contributed by atoms with Gasteiger partial charge in [0.1, 0.15) is 0 Å². The molecular formula is C21H24N2O2. The fourth-order valence-corrected chi connectivity index (χ4v) is 3.21. The smallest absolute Gasteiger partial charge is 0.255 e. The summed E-state index contributed by atoms with van der Waals surface area (Å²) in [5.41, 5.74) is 3.74. The fourth-order valence-electron chi connectivity index (χ4n) is 3.21. The minimum absolute atomic E-state index is 0.0115. The number of rotatable bonds is 5. The predicted molar refractivity (Wildman–Crippen MR) is 102 cm³/mol. The molecule has 1 aromatic heterocycles. The van der Waals surface area contributed by atoms with E-state index in [1.165, 1.54) is 5.56 Å². The number of hydrogen-bond acceptors (Lipinski definition) is 3. The van der Waals surface area contributed by atoms with Gasteiger partial charge in [0.15, 0.2) is 0 Å². The van der Waals surface area contributed by atoms with Gasteiger partial charge in [-0.2, -0.15) is 0 Å². The molecule has 0 aliphatic rings. The zero-order chi connectivity index (χ0) is 18.0. The predicted octanol–water partition coefficient (Wildman–Crippen LogP) is 3.01. The van der Waals surface area contributed by atoms with E-state index in [2.05, 4.69) is 6.07 Å². The van der Waals surface area contributed by atoms with Crippen molar-refractivity contribution in [3.8, 4) is 0 Å². The number of nitrogens with zero attached hydrogens (tertiary/aromatic N) is 2. The van der Waals surface area contributed by atoms with Gasteiger partial charge >= 0.3 is 0 Å². The molecule has 0 spiro atoms. The van der Waals surface area contributed by atoms with Crippen molar-refractivity contribution in [3.05, 3.63) is 81.6 Å². The number of aliphatic hydroxyl groups excluding tert-OH is 1. The van der Waals surface area contributed by atoms with Crippen molar-refractivity contribution in [1.29, 1.82) is 0 Å². The molecule has 0 aliphatic heterocycles. The van der Waals surface area contributed by atoms with Crippen LogP contribution in [-0.4, -0.2) is 28.2 Å². The molecule has 4 heteroatoms. The minimum atomic E-state index is -0.572. The molecule has 0 aliphatic carbocycles. The normalized spacial score (nSPS) is 12.7. The Hall–Kier alpha value is -2.43. The lowest BCUT2D eigenvalue weighted by Crippen LogP contribution is -2.29. The maximum atomic E-state index is 12.6. The molecule has 0 saturated carbocycles. The molecule has 3 rings (SSSR count). The second kappa shape index (κ2) is 7.21. The molecule has 0 bridgehead atoms. The van der Waals surface area contributed by atoms with Crippen LogP contribution >= 0.6 is 0 Å². The number of hydrogen-bond donors (Lipinski definition) is 1. The van der Waals surface area contributed by atoms with E-state index in [4.69, 9.17) is 0 Å². The second-order valence-electron chi connectivity index (χ2n) is 6.72. The van der Waals surface area contributed by atoms with Crippen molar-refractivity contribution in [3.63, 3.8) is 0 Å². The molecule has 1 unspecified atom stereocenters. The van der Waals surface area contributed by atoms with Gasteiger partial charge in [-0.05, 0) is 43.1 Å². The SMILES string of the molecule is Cc1ccc2c(c1)cc(CN(C)CC(O)c1ccccc1)c(=O)n2C. The van der Waals surface area contributed by atoms with Crippen LogP contribution in [0.3, 0.4) is 0 Å². The number of aryl methyl sites for hydroxylation is 2. The molecule has 0 radical (unpaired) electrons. The molecule has 0 amide bonds. The number of fused-ring (bicyclic) bond motifs is 1. The van der Waals surface area contributed by atoms with E-state index < -0.39 is 6.10 Å². The topological polar surface area (TPSA) is 45.5 Å². The highest BCUT2D eigenvalue weighted by Gasteiger charge is 2.13. The Labute approximate surface area is 148 Å². The number of pyridine rings is 1. The summed E-state index contributed by atoms with van der Waals surface area (Å²) in [4.78, 5) is 14.6. The van der Waals surface area contributed by atoms with Gasteiger partial charge in [-0.15, -0.1) is 0 Å². The molecule has 0 fully saturated rings. The van der Waals surface area contributed by atoms with E-state index in [0.717, 1.165) is 22.0 Å². The number of likely N-dealkylation sites (N-methyl/N-ethyl adjacent to an activating group) is 1. The van der Waals surface area contributed by atoms with E-state index in [1.807, 2.05) is 74.4 Å². The third-order valence-corrected chi connectivity index (χ3v) is 4.56. The van der Waals surface area contributed by atoms with E-state index in [-0.39, 0.29) is 5.56 Å². The molecule has 1 atom stereocenters. The van der Waals surface area contributed by atoms with E-state index in [9.17, 15) is 9.90 Å². The average Bonchev–Trinajstić information content (AvgIpc) is 2.60. The number of aliphatic hydroxyl groups is 1. The van der Waals surface area contributed by atoms with Crippen LogP contribution in [0, 0.1) is 6.92 Å². The van der Waals surface area contributed by atoms with E-state index in [0.29, 0.717) is 13.1 Å². The average molecular weight is 336 g/mol. The van der Waals surface area contributed by atoms with Crippen LogP contribution in [0.4, 0.5) is 0 Å². The summed E-state index contributed by atoms with van der Waals surface area (Å²) in [5, 5.41) is 11.4. The van der Waals surface area contributed by atoms with Crippen LogP contribution < -0.4 is 5.56 Å². The first kappa shape index (κ1) is 17.4. The molecular weight excluding hydrogens is 312 g/mol. The van der Waals surface area contributed by atoms with Crippen LogP contribution in [0.25, 0.3) is 10.9 Å². The molecule has 130 valence electrons. The largest absolute Gasteiger partial charge is 0.387 e. The molecule has 4 nitrogen and oxygen atoms in total. The highest BCUT2D eigenvalue weighted by Crippen LogP contribution is 2.17. The summed E-state index contributed by atoms with van der Waals surface area (Å²) in [6.07, 6.45) is -0.572. The molecule has 0 saturated heterocycles. The van der Waals surface area contributed by atoms with Gasteiger partial charge in [0.05, 0.1) is 11.6 Å². The van der Waals surface area contributed by atoms with Crippen molar-refractivity contribution >= 4 is 10.9 Å². The summed E-state index contributed by atoms with van der Waals surface area (Å²) in [6.45, 7) is 3.02. The van der Waals surface area contributed by atoms with Crippen molar-refractivity contribution < 1.29 is 5.11 Å². The van der Waals surface area contributed by atoms with Gasteiger partial charge in [-0.25, -0.2) is 0 Å². The van der Waals surface area contributed by atoms with Crippen LogP contribution in [-0.2, 0) is 13.6 Å². The molecule has 2 aromatic carbocycles. The maximum absolute atomic E-state index is 12.6. The van der Waals surface area contributed by atoms with Crippen LogP contribution in [0.2, 0.25) is 0 Å². The summed E-state index contributed by atoms with van der Waals surface area (Å²) < 4.78 is 1.70. The zero-order valence-electron chi connectivity index (χ0n) is 14.9. The van der Waals surface area contributed by atoms with E-state index in [1.54, 1.807) is 4.57 Å². The Kier molecular flexibility index (Phi) is 5.02. The Morgan fingerprint density at radius 3 is 2.56 bits per heavy atom. The monoisotopic (exact) mass is 336 g/mol. The third kappa shape index (κ3) is 3.81.